The molecule has 1 aliphatic heterocycles. The maximum atomic E-state index is 9.44. The number of aliphatic hydroxyl groups excluding tert-OH is 1. The van der Waals surface area contributed by atoms with Gasteiger partial charge in [-0.3, -0.25) is 0 Å². The highest BCUT2D eigenvalue weighted by Gasteiger charge is 2.21. The first-order chi connectivity index (χ1) is 6.70. The van der Waals surface area contributed by atoms with E-state index in [9.17, 15) is 5.11 Å². The molecule has 3 N–H and O–H groups in total. The van der Waals surface area contributed by atoms with Crippen LogP contribution in [0.15, 0.2) is 18.2 Å². The molecule has 76 valence electrons. The molecule has 2 rings (SSSR count). The van der Waals surface area contributed by atoms with Crippen LogP contribution in [0.2, 0.25) is 0 Å². The Kier molecular flexibility index (Phi) is 2.44. The van der Waals surface area contributed by atoms with Crippen LogP contribution >= 0.6 is 0 Å². The van der Waals surface area contributed by atoms with E-state index in [1.807, 2.05) is 18.2 Å². The van der Waals surface area contributed by atoms with Crippen molar-refractivity contribution in [2.75, 3.05) is 6.61 Å². The number of benzene rings is 1. The van der Waals surface area contributed by atoms with Crippen LogP contribution in [-0.2, 0) is 6.42 Å². The van der Waals surface area contributed by atoms with E-state index in [2.05, 4.69) is 0 Å². The van der Waals surface area contributed by atoms with Gasteiger partial charge in [-0.15, -0.1) is 0 Å². The van der Waals surface area contributed by atoms with E-state index in [0.717, 1.165) is 29.9 Å². The first-order valence-electron chi connectivity index (χ1n) is 4.88. The van der Waals surface area contributed by atoms with E-state index >= 15 is 0 Å². The molecule has 0 aromatic heterocycles. The second-order valence-corrected chi connectivity index (χ2v) is 3.69. The third-order valence-corrected chi connectivity index (χ3v) is 2.66. The number of nitrogens with two attached hydrogens (primary N) is 1. The molecule has 3 nitrogen and oxygen atoms in total. The molecule has 1 aromatic carbocycles. The topological polar surface area (TPSA) is 55.5 Å². The molecule has 3 heteroatoms. The van der Waals surface area contributed by atoms with Crippen molar-refractivity contribution in [3.8, 4) is 5.75 Å². The van der Waals surface area contributed by atoms with E-state index in [1.54, 1.807) is 6.92 Å². The van der Waals surface area contributed by atoms with Crippen LogP contribution in [0.4, 0.5) is 0 Å². The molecule has 0 spiro atoms. The number of ether oxygens (including phenoxy) is 1. The van der Waals surface area contributed by atoms with Crippen molar-refractivity contribution < 1.29 is 9.84 Å². The Morgan fingerprint density at radius 3 is 3.00 bits per heavy atom. The number of hydrogen-bond donors (Lipinski definition) is 2. The molecule has 1 heterocycles. The normalized spacial score (nSPS) is 18.5. The number of rotatable bonds is 2. The van der Waals surface area contributed by atoms with Crippen LogP contribution in [0, 0.1) is 0 Å². The highest BCUT2D eigenvalue weighted by atomic mass is 16.5. The molecule has 0 unspecified atom stereocenters. The SMILES string of the molecule is C[C@@H](O)[C@H](N)c1cccc2c1CCO2. The summed E-state index contributed by atoms with van der Waals surface area (Å²) in [5, 5.41) is 9.44. The van der Waals surface area contributed by atoms with Crippen molar-refractivity contribution in [1.82, 2.24) is 0 Å². The lowest BCUT2D eigenvalue weighted by Crippen LogP contribution is -2.24. The Bertz CT molecular complexity index is 336. The van der Waals surface area contributed by atoms with Gasteiger partial charge >= 0.3 is 0 Å². The van der Waals surface area contributed by atoms with Crippen molar-refractivity contribution in [3.05, 3.63) is 29.3 Å². The lowest BCUT2D eigenvalue weighted by atomic mass is 9.96. The van der Waals surface area contributed by atoms with Gasteiger partial charge in [0.1, 0.15) is 5.75 Å². The van der Waals surface area contributed by atoms with Crippen LogP contribution in [0.3, 0.4) is 0 Å². The van der Waals surface area contributed by atoms with Gasteiger partial charge in [0.15, 0.2) is 0 Å². The number of hydrogen-bond acceptors (Lipinski definition) is 3. The molecule has 0 fully saturated rings. The zero-order chi connectivity index (χ0) is 10.1. The Morgan fingerprint density at radius 1 is 1.50 bits per heavy atom. The molecule has 0 saturated carbocycles. The molecule has 0 amide bonds. The standard InChI is InChI=1S/C11H15NO2/c1-7(13)11(12)9-3-2-4-10-8(9)5-6-14-10/h2-4,7,11,13H,5-6,12H2,1H3/t7-,11+/m1/s1. The van der Waals surface area contributed by atoms with Gasteiger partial charge in [0.25, 0.3) is 0 Å². The quantitative estimate of drug-likeness (QED) is 0.736. The van der Waals surface area contributed by atoms with E-state index in [0.29, 0.717) is 0 Å². The van der Waals surface area contributed by atoms with Crippen molar-refractivity contribution in [1.29, 1.82) is 0 Å². The largest absolute Gasteiger partial charge is 0.493 e. The van der Waals surface area contributed by atoms with E-state index < -0.39 is 6.10 Å². The summed E-state index contributed by atoms with van der Waals surface area (Å²) >= 11 is 0. The lowest BCUT2D eigenvalue weighted by molar-refractivity contribution is 0.164. The zero-order valence-corrected chi connectivity index (χ0v) is 8.23. The summed E-state index contributed by atoms with van der Waals surface area (Å²) in [7, 11) is 0. The van der Waals surface area contributed by atoms with Gasteiger partial charge in [-0.2, -0.15) is 0 Å². The lowest BCUT2D eigenvalue weighted by Gasteiger charge is -2.17. The third-order valence-electron chi connectivity index (χ3n) is 2.66. The van der Waals surface area contributed by atoms with Crippen LogP contribution in [0.5, 0.6) is 5.75 Å². The van der Waals surface area contributed by atoms with Gasteiger partial charge in [-0.25, -0.2) is 0 Å². The summed E-state index contributed by atoms with van der Waals surface area (Å²) in [4.78, 5) is 0. The fourth-order valence-electron chi connectivity index (χ4n) is 1.82. The molecule has 0 saturated heterocycles. The predicted molar refractivity (Wildman–Crippen MR) is 54.3 cm³/mol. The predicted octanol–water partition coefficient (Wildman–Crippen LogP) is 1.00. The molecular formula is C11H15NO2. The average Bonchev–Trinajstić information content (AvgIpc) is 2.63. The first kappa shape index (κ1) is 9.49. The Hall–Kier alpha value is -1.06. The fraction of sp³-hybridized carbons (Fsp3) is 0.455. The van der Waals surface area contributed by atoms with Crippen LogP contribution in [-0.4, -0.2) is 17.8 Å². The molecule has 0 radical (unpaired) electrons. The fourth-order valence-corrected chi connectivity index (χ4v) is 1.82. The number of fused-ring (bicyclic) bond motifs is 1. The molecule has 0 aliphatic carbocycles. The van der Waals surface area contributed by atoms with Crippen LogP contribution in [0.1, 0.15) is 24.1 Å². The van der Waals surface area contributed by atoms with Gasteiger partial charge in [0.2, 0.25) is 0 Å². The minimum absolute atomic E-state index is 0.313. The van der Waals surface area contributed by atoms with E-state index in [1.165, 1.54) is 0 Å². The highest BCUT2D eigenvalue weighted by molar-refractivity contribution is 5.44. The average molecular weight is 193 g/mol. The van der Waals surface area contributed by atoms with Gasteiger partial charge in [-0.05, 0) is 18.6 Å². The van der Waals surface area contributed by atoms with Crippen molar-refractivity contribution in [3.63, 3.8) is 0 Å². The van der Waals surface area contributed by atoms with Crippen molar-refractivity contribution in [2.45, 2.75) is 25.5 Å². The Morgan fingerprint density at radius 2 is 2.29 bits per heavy atom. The summed E-state index contributed by atoms with van der Waals surface area (Å²) in [6.07, 6.45) is 0.369. The summed E-state index contributed by atoms with van der Waals surface area (Å²) in [5.41, 5.74) is 8.07. The molecule has 1 aromatic rings. The first-order valence-corrected chi connectivity index (χ1v) is 4.88. The third kappa shape index (κ3) is 1.49. The van der Waals surface area contributed by atoms with Gasteiger partial charge in [0, 0.05) is 12.0 Å². The molecular weight excluding hydrogens is 178 g/mol. The van der Waals surface area contributed by atoms with Crippen LogP contribution < -0.4 is 10.5 Å². The summed E-state index contributed by atoms with van der Waals surface area (Å²) in [6.45, 7) is 2.43. The molecule has 1 aliphatic rings. The monoisotopic (exact) mass is 193 g/mol. The Labute approximate surface area is 83.5 Å². The zero-order valence-electron chi connectivity index (χ0n) is 8.23. The second kappa shape index (κ2) is 3.59. The maximum Gasteiger partial charge on any atom is 0.122 e. The minimum atomic E-state index is -0.526. The summed E-state index contributed by atoms with van der Waals surface area (Å²) < 4.78 is 5.43. The van der Waals surface area contributed by atoms with Gasteiger partial charge < -0.3 is 15.6 Å². The van der Waals surface area contributed by atoms with E-state index in [-0.39, 0.29) is 6.04 Å². The second-order valence-electron chi connectivity index (χ2n) is 3.69. The van der Waals surface area contributed by atoms with Crippen LogP contribution in [0.25, 0.3) is 0 Å². The summed E-state index contributed by atoms with van der Waals surface area (Å²) in [5.74, 6) is 0.915. The maximum absolute atomic E-state index is 9.44. The van der Waals surface area contributed by atoms with E-state index in [4.69, 9.17) is 10.5 Å². The van der Waals surface area contributed by atoms with Crippen molar-refractivity contribution >= 4 is 0 Å². The summed E-state index contributed by atoms with van der Waals surface area (Å²) in [6, 6.07) is 5.51. The molecule has 2 atom stereocenters. The Balaban J connectivity index is 2.39. The van der Waals surface area contributed by atoms with Crippen molar-refractivity contribution in [2.24, 2.45) is 5.73 Å². The smallest absolute Gasteiger partial charge is 0.122 e. The molecule has 14 heavy (non-hydrogen) atoms. The minimum Gasteiger partial charge on any atom is -0.493 e. The molecule has 0 bridgehead atoms. The number of aliphatic hydroxyl groups is 1. The highest BCUT2D eigenvalue weighted by Crippen LogP contribution is 2.31. The van der Waals surface area contributed by atoms with Gasteiger partial charge in [0.05, 0.1) is 18.8 Å². The van der Waals surface area contributed by atoms with Gasteiger partial charge in [-0.1, -0.05) is 12.1 Å².